The molecule has 0 saturated heterocycles. The lowest BCUT2D eigenvalue weighted by atomic mass is 10.3. The van der Waals surface area contributed by atoms with Gasteiger partial charge >= 0.3 is 0 Å². The van der Waals surface area contributed by atoms with E-state index in [-0.39, 0.29) is 12.4 Å². The molecular formula is C8H22ClN3O. The minimum atomic E-state index is -0.593. The number of hydrogen-bond acceptors (Lipinski definition) is 3. The summed E-state index contributed by atoms with van der Waals surface area (Å²) in [6.45, 7) is 10.2. The van der Waals surface area contributed by atoms with Gasteiger partial charge in [-0.15, -0.1) is 0 Å². The van der Waals surface area contributed by atoms with Crippen LogP contribution in [-0.4, -0.2) is 42.0 Å². The largest absolute Gasteiger partial charge is 1.00 e. The van der Waals surface area contributed by atoms with Crippen molar-refractivity contribution in [1.29, 1.82) is 0 Å². The van der Waals surface area contributed by atoms with E-state index in [4.69, 9.17) is 5.84 Å². The number of aliphatic hydroxyl groups is 1. The lowest BCUT2D eigenvalue weighted by Gasteiger charge is -2.37. The molecule has 0 bridgehead atoms. The van der Waals surface area contributed by atoms with Crippen LogP contribution in [-0.2, 0) is 0 Å². The molecule has 0 aliphatic rings. The monoisotopic (exact) mass is 211 g/mol. The van der Waals surface area contributed by atoms with Gasteiger partial charge in [0.25, 0.3) is 0 Å². The van der Waals surface area contributed by atoms with Gasteiger partial charge in [-0.05, 0) is 20.8 Å². The maximum Gasteiger partial charge on any atom is 0.166 e. The Balaban J connectivity index is 0. The Labute approximate surface area is 87.1 Å². The van der Waals surface area contributed by atoms with Crippen molar-refractivity contribution in [2.45, 2.75) is 27.0 Å². The summed E-state index contributed by atoms with van der Waals surface area (Å²) >= 11 is 0. The van der Waals surface area contributed by atoms with Gasteiger partial charge in [-0.1, -0.05) is 0 Å². The van der Waals surface area contributed by atoms with Crippen LogP contribution in [0.2, 0.25) is 0 Å². The molecular weight excluding hydrogens is 190 g/mol. The topological polar surface area (TPSA) is 58.3 Å². The van der Waals surface area contributed by atoms with E-state index in [1.807, 2.05) is 0 Å². The van der Waals surface area contributed by atoms with E-state index < -0.39 is 6.23 Å². The van der Waals surface area contributed by atoms with Gasteiger partial charge in [0.2, 0.25) is 0 Å². The number of nitrogens with zero attached hydrogens (tertiary/aromatic N) is 1. The van der Waals surface area contributed by atoms with Crippen molar-refractivity contribution in [2.75, 3.05) is 26.2 Å². The second-order valence-corrected chi connectivity index (χ2v) is 3.16. The minimum Gasteiger partial charge on any atom is -1.00 e. The Hall–Kier alpha value is 0.130. The smallest absolute Gasteiger partial charge is 0.166 e. The zero-order valence-corrected chi connectivity index (χ0v) is 9.51. The number of nitrogens with two attached hydrogens (primary N) is 1. The van der Waals surface area contributed by atoms with E-state index in [1.54, 1.807) is 0 Å². The second kappa shape index (κ2) is 7.53. The molecule has 4 nitrogen and oxygen atoms in total. The summed E-state index contributed by atoms with van der Waals surface area (Å²) in [5.41, 5.74) is 2.36. The first kappa shape index (κ1) is 15.6. The van der Waals surface area contributed by atoms with E-state index in [0.717, 1.165) is 24.1 Å². The molecule has 13 heavy (non-hydrogen) atoms. The van der Waals surface area contributed by atoms with Crippen LogP contribution in [0.3, 0.4) is 0 Å². The van der Waals surface area contributed by atoms with E-state index in [0.29, 0.717) is 6.54 Å². The zero-order chi connectivity index (χ0) is 9.61. The molecule has 5 heteroatoms. The number of rotatable bonds is 6. The number of nitrogens with one attached hydrogen (secondary N) is 1. The predicted molar refractivity (Wildman–Crippen MR) is 50.1 cm³/mol. The number of halogens is 1. The molecule has 1 atom stereocenters. The third-order valence-corrected chi connectivity index (χ3v) is 2.77. The Morgan fingerprint density at radius 3 is 1.85 bits per heavy atom. The van der Waals surface area contributed by atoms with Crippen LogP contribution in [0.15, 0.2) is 0 Å². The Morgan fingerprint density at radius 2 is 1.62 bits per heavy atom. The first-order valence-corrected chi connectivity index (χ1v) is 4.63. The summed E-state index contributed by atoms with van der Waals surface area (Å²) in [4.78, 5) is 0. The molecule has 0 radical (unpaired) electrons. The van der Waals surface area contributed by atoms with E-state index in [2.05, 4.69) is 26.2 Å². The average molecular weight is 212 g/mol. The Kier molecular flexibility index (Phi) is 9.03. The van der Waals surface area contributed by atoms with Crippen LogP contribution in [0, 0.1) is 0 Å². The van der Waals surface area contributed by atoms with Crippen LogP contribution in [0.5, 0.6) is 0 Å². The number of quaternary nitrogens is 1. The summed E-state index contributed by atoms with van der Waals surface area (Å²) in [5, 5.41) is 9.34. The van der Waals surface area contributed by atoms with Gasteiger partial charge in [-0.3, -0.25) is 5.84 Å². The predicted octanol–water partition coefficient (Wildman–Crippen LogP) is -3.35. The van der Waals surface area contributed by atoms with Gasteiger partial charge < -0.3 is 22.0 Å². The fourth-order valence-electron chi connectivity index (χ4n) is 1.48. The fraction of sp³-hybridized carbons (Fsp3) is 1.00. The summed E-state index contributed by atoms with van der Waals surface area (Å²) < 4.78 is 0.908. The maximum absolute atomic E-state index is 9.34. The standard InChI is InChI=1S/C8H22N3O.ClH/c1-4-11(5-2,6-3)7-8(12)10-9;/h8,10,12H,4-7,9H2,1-3H3;1H/q+1;/p-1. The summed E-state index contributed by atoms with van der Waals surface area (Å²) in [6, 6.07) is 0. The quantitative estimate of drug-likeness (QED) is 0.186. The molecule has 0 heterocycles. The fourth-order valence-corrected chi connectivity index (χ4v) is 1.48. The molecule has 0 aromatic heterocycles. The number of hydrogen-bond donors (Lipinski definition) is 3. The van der Waals surface area contributed by atoms with Gasteiger partial charge in [0.05, 0.1) is 19.6 Å². The van der Waals surface area contributed by atoms with Crippen molar-refractivity contribution in [3.63, 3.8) is 0 Å². The summed E-state index contributed by atoms with van der Waals surface area (Å²) in [5.74, 6) is 5.13. The third-order valence-electron chi connectivity index (χ3n) is 2.77. The molecule has 0 fully saturated rings. The second-order valence-electron chi connectivity index (χ2n) is 3.16. The molecule has 0 spiro atoms. The maximum atomic E-state index is 9.34. The highest BCUT2D eigenvalue weighted by Gasteiger charge is 2.23. The van der Waals surface area contributed by atoms with Crippen LogP contribution < -0.4 is 23.7 Å². The van der Waals surface area contributed by atoms with E-state index in [9.17, 15) is 5.11 Å². The molecule has 0 rings (SSSR count). The Morgan fingerprint density at radius 1 is 1.23 bits per heavy atom. The van der Waals surface area contributed by atoms with E-state index in [1.165, 1.54) is 0 Å². The number of hydrazine groups is 1. The summed E-state index contributed by atoms with van der Waals surface area (Å²) in [7, 11) is 0. The van der Waals surface area contributed by atoms with Crippen molar-refractivity contribution in [3.05, 3.63) is 0 Å². The molecule has 0 amide bonds. The lowest BCUT2D eigenvalue weighted by Crippen LogP contribution is -3.00. The number of likely N-dealkylation sites (N-methyl/N-ethyl adjacent to an activating group) is 1. The molecule has 0 aromatic carbocycles. The van der Waals surface area contributed by atoms with Gasteiger partial charge in [-0.2, -0.15) is 0 Å². The van der Waals surface area contributed by atoms with Crippen molar-refractivity contribution in [2.24, 2.45) is 5.84 Å². The van der Waals surface area contributed by atoms with Crippen LogP contribution in [0.25, 0.3) is 0 Å². The van der Waals surface area contributed by atoms with Crippen molar-refractivity contribution in [1.82, 2.24) is 5.43 Å². The third kappa shape index (κ3) is 4.78. The van der Waals surface area contributed by atoms with Gasteiger partial charge in [0, 0.05) is 0 Å². The van der Waals surface area contributed by atoms with Crippen molar-refractivity contribution >= 4 is 0 Å². The molecule has 82 valence electrons. The van der Waals surface area contributed by atoms with Crippen LogP contribution in [0.4, 0.5) is 0 Å². The van der Waals surface area contributed by atoms with Crippen molar-refractivity contribution in [3.8, 4) is 0 Å². The molecule has 0 aliphatic carbocycles. The lowest BCUT2D eigenvalue weighted by molar-refractivity contribution is -0.926. The molecule has 0 aromatic rings. The molecule has 1 unspecified atom stereocenters. The van der Waals surface area contributed by atoms with Crippen molar-refractivity contribution < 1.29 is 22.0 Å². The highest BCUT2D eigenvalue weighted by atomic mass is 35.5. The highest BCUT2D eigenvalue weighted by Crippen LogP contribution is 2.05. The number of aliphatic hydroxyl groups excluding tert-OH is 1. The zero-order valence-electron chi connectivity index (χ0n) is 8.76. The van der Waals surface area contributed by atoms with Gasteiger partial charge in [-0.25, -0.2) is 5.43 Å². The molecule has 0 saturated carbocycles. The summed E-state index contributed by atoms with van der Waals surface area (Å²) in [6.07, 6.45) is -0.593. The highest BCUT2D eigenvalue weighted by molar-refractivity contribution is 4.46. The molecule has 4 N–H and O–H groups in total. The Bertz CT molecular complexity index is 112. The SMILES string of the molecule is CC[N+](CC)(CC)CC(O)NN.[Cl-]. The van der Waals surface area contributed by atoms with E-state index >= 15 is 0 Å². The molecule has 0 aliphatic heterocycles. The first-order chi connectivity index (χ1) is 5.64. The van der Waals surface area contributed by atoms with Crippen LogP contribution >= 0.6 is 0 Å². The minimum absolute atomic E-state index is 0. The van der Waals surface area contributed by atoms with Gasteiger partial charge in [0.15, 0.2) is 6.23 Å². The van der Waals surface area contributed by atoms with Crippen LogP contribution in [0.1, 0.15) is 20.8 Å². The average Bonchev–Trinajstić information content (AvgIpc) is 2.14. The normalized spacial score (nSPS) is 13.6. The van der Waals surface area contributed by atoms with Gasteiger partial charge in [0.1, 0.15) is 6.54 Å². The first-order valence-electron chi connectivity index (χ1n) is 4.63.